The van der Waals surface area contributed by atoms with Gasteiger partial charge in [-0.1, -0.05) is 71.9 Å². The maximum Gasteiger partial charge on any atom is 0.251 e. The third-order valence-electron chi connectivity index (χ3n) is 4.80. The van der Waals surface area contributed by atoms with Gasteiger partial charge in [-0.05, 0) is 35.9 Å². The smallest absolute Gasteiger partial charge is 0.251 e. The Bertz CT molecular complexity index is 1240. The average Bonchev–Trinajstić information content (AvgIpc) is 3.31. The number of hydrogen-bond donors (Lipinski definition) is 1. The van der Waals surface area contributed by atoms with Crippen molar-refractivity contribution in [1.29, 1.82) is 0 Å². The maximum absolute atomic E-state index is 12.6. The molecule has 1 aromatic heterocycles. The van der Waals surface area contributed by atoms with Crippen LogP contribution < -0.4 is 5.32 Å². The number of thioether (sulfide) groups is 1. The zero-order valence-corrected chi connectivity index (χ0v) is 18.6. The summed E-state index contributed by atoms with van der Waals surface area (Å²) in [7, 11) is 0. The predicted octanol–water partition coefficient (Wildman–Crippen LogP) is 5.43. The summed E-state index contributed by atoms with van der Waals surface area (Å²) < 4.78 is 1.86. The summed E-state index contributed by atoms with van der Waals surface area (Å²) in [6.07, 6.45) is 3.48. The van der Waals surface area contributed by atoms with Crippen LogP contribution in [0.25, 0.3) is 5.69 Å². The Morgan fingerprint density at radius 3 is 2.56 bits per heavy atom. The normalized spacial score (nSPS) is 10.7. The lowest BCUT2D eigenvalue weighted by Gasteiger charge is -2.10. The molecular formula is C25H20ClN3O2S. The Labute approximate surface area is 195 Å². The van der Waals surface area contributed by atoms with Gasteiger partial charge in [-0.15, -0.1) is 0 Å². The number of nitrogens with one attached hydrogen (secondary N) is 1. The molecule has 0 bridgehead atoms. The number of aromatic nitrogens is 2. The number of Topliss-reactive ketones (excluding diaryl/α,β-unsaturated/α-hetero) is 1. The minimum absolute atomic E-state index is 0.0656. The summed E-state index contributed by atoms with van der Waals surface area (Å²) in [5, 5.41) is 4.04. The summed E-state index contributed by atoms with van der Waals surface area (Å²) in [5.41, 5.74) is 2.88. The lowest BCUT2D eigenvalue weighted by atomic mass is 10.1. The molecule has 0 aliphatic rings. The highest BCUT2D eigenvalue weighted by atomic mass is 35.5. The molecule has 0 aliphatic carbocycles. The van der Waals surface area contributed by atoms with E-state index in [0.717, 1.165) is 11.3 Å². The number of benzene rings is 3. The predicted molar refractivity (Wildman–Crippen MR) is 128 cm³/mol. The van der Waals surface area contributed by atoms with Gasteiger partial charge in [0.1, 0.15) is 0 Å². The standard InChI is InChI=1S/C25H20ClN3O2S/c26-22-12-5-4-11-21(22)23(30)17-32-25-27-13-14-29(25)20-10-6-9-19(15-20)24(31)28-16-18-7-2-1-3-8-18/h1-15H,16-17H2,(H,28,31). The van der Waals surface area contributed by atoms with Crippen molar-refractivity contribution in [3.8, 4) is 5.69 Å². The fourth-order valence-electron chi connectivity index (χ4n) is 3.17. The molecule has 1 N–H and O–H groups in total. The van der Waals surface area contributed by atoms with Gasteiger partial charge in [0.05, 0.1) is 10.8 Å². The summed E-state index contributed by atoms with van der Waals surface area (Å²) in [5.74, 6) is -0.0130. The molecule has 0 aliphatic heterocycles. The molecule has 1 heterocycles. The van der Waals surface area contributed by atoms with E-state index in [4.69, 9.17) is 11.6 Å². The molecule has 0 fully saturated rings. The Morgan fingerprint density at radius 2 is 1.75 bits per heavy atom. The Kier molecular flexibility index (Phi) is 7.04. The summed E-state index contributed by atoms with van der Waals surface area (Å²) in [4.78, 5) is 29.5. The number of hydrogen-bond acceptors (Lipinski definition) is 4. The average molecular weight is 462 g/mol. The summed E-state index contributed by atoms with van der Waals surface area (Å²) in [6.45, 7) is 0.459. The van der Waals surface area contributed by atoms with E-state index in [1.165, 1.54) is 11.8 Å². The minimum Gasteiger partial charge on any atom is -0.348 e. The highest BCUT2D eigenvalue weighted by Gasteiger charge is 2.14. The van der Waals surface area contributed by atoms with Gasteiger partial charge in [0.2, 0.25) is 0 Å². The van der Waals surface area contributed by atoms with Crippen LogP contribution >= 0.6 is 23.4 Å². The lowest BCUT2D eigenvalue weighted by Crippen LogP contribution is -2.22. The maximum atomic E-state index is 12.6. The van der Waals surface area contributed by atoms with Gasteiger partial charge < -0.3 is 5.32 Å². The summed E-state index contributed by atoms with van der Waals surface area (Å²) >= 11 is 7.46. The third-order valence-corrected chi connectivity index (χ3v) is 6.09. The van der Waals surface area contributed by atoms with Crippen LogP contribution in [-0.4, -0.2) is 27.0 Å². The second kappa shape index (κ2) is 10.3. The van der Waals surface area contributed by atoms with Crippen molar-refractivity contribution in [3.63, 3.8) is 0 Å². The van der Waals surface area contributed by atoms with E-state index in [9.17, 15) is 9.59 Å². The molecule has 4 aromatic rings. The number of amides is 1. The number of rotatable bonds is 8. The number of nitrogens with zero attached hydrogens (tertiary/aromatic N) is 2. The minimum atomic E-state index is -0.154. The molecule has 3 aromatic carbocycles. The molecule has 0 atom stereocenters. The Hall–Kier alpha value is -3.35. The molecule has 5 nitrogen and oxygen atoms in total. The van der Waals surface area contributed by atoms with Gasteiger partial charge in [-0.25, -0.2) is 4.98 Å². The van der Waals surface area contributed by atoms with E-state index < -0.39 is 0 Å². The molecule has 32 heavy (non-hydrogen) atoms. The zero-order valence-electron chi connectivity index (χ0n) is 17.1. The van der Waals surface area contributed by atoms with Crippen LogP contribution in [-0.2, 0) is 6.54 Å². The van der Waals surface area contributed by atoms with Gasteiger partial charge in [-0.3, -0.25) is 14.2 Å². The largest absolute Gasteiger partial charge is 0.348 e. The van der Waals surface area contributed by atoms with E-state index in [1.54, 1.807) is 36.5 Å². The van der Waals surface area contributed by atoms with E-state index in [-0.39, 0.29) is 17.4 Å². The first-order valence-electron chi connectivity index (χ1n) is 9.98. The van der Waals surface area contributed by atoms with Crippen molar-refractivity contribution >= 4 is 35.1 Å². The molecule has 1 amide bonds. The monoisotopic (exact) mass is 461 g/mol. The van der Waals surface area contributed by atoms with Crippen LogP contribution in [0.1, 0.15) is 26.3 Å². The van der Waals surface area contributed by atoms with Crippen LogP contribution in [0.4, 0.5) is 0 Å². The molecule has 0 saturated carbocycles. The van der Waals surface area contributed by atoms with Crippen molar-refractivity contribution in [2.45, 2.75) is 11.7 Å². The highest BCUT2D eigenvalue weighted by Crippen LogP contribution is 2.24. The van der Waals surface area contributed by atoms with Gasteiger partial charge in [0, 0.05) is 35.8 Å². The quantitative estimate of drug-likeness (QED) is 0.280. The van der Waals surface area contributed by atoms with Gasteiger partial charge in [-0.2, -0.15) is 0 Å². The number of halogens is 1. The van der Waals surface area contributed by atoms with E-state index in [1.807, 2.05) is 59.3 Å². The molecular weight excluding hydrogens is 442 g/mol. The first-order chi connectivity index (χ1) is 15.6. The topological polar surface area (TPSA) is 64.0 Å². The number of carbonyl (C=O) groups is 2. The first kappa shape index (κ1) is 21.9. The second-order valence-electron chi connectivity index (χ2n) is 6.99. The molecule has 160 valence electrons. The van der Waals surface area contributed by atoms with E-state index in [2.05, 4.69) is 10.3 Å². The van der Waals surface area contributed by atoms with Crippen molar-refractivity contribution < 1.29 is 9.59 Å². The van der Waals surface area contributed by atoms with Crippen molar-refractivity contribution in [2.75, 3.05) is 5.75 Å². The van der Waals surface area contributed by atoms with Crippen molar-refractivity contribution in [1.82, 2.24) is 14.9 Å². The number of carbonyl (C=O) groups excluding carboxylic acids is 2. The Morgan fingerprint density at radius 1 is 0.969 bits per heavy atom. The molecule has 0 unspecified atom stereocenters. The van der Waals surface area contributed by atoms with Crippen LogP contribution in [0.2, 0.25) is 5.02 Å². The van der Waals surface area contributed by atoms with E-state index in [0.29, 0.717) is 27.9 Å². The van der Waals surface area contributed by atoms with Gasteiger partial charge in [0.15, 0.2) is 10.9 Å². The number of ketones is 1. The summed E-state index contributed by atoms with van der Waals surface area (Å²) in [6, 6.07) is 24.1. The van der Waals surface area contributed by atoms with E-state index >= 15 is 0 Å². The van der Waals surface area contributed by atoms with Crippen LogP contribution in [0, 0.1) is 0 Å². The first-order valence-corrected chi connectivity index (χ1v) is 11.3. The molecule has 4 rings (SSSR count). The van der Waals surface area contributed by atoms with Crippen LogP contribution in [0.15, 0.2) is 96.4 Å². The highest BCUT2D eigenvalue weighted by molar-refractivity contribution is 7.99. The second-order valence-corrected chi connectivity index (χ2v) is 8.34. The van der Waals surface area contributed by atoms with Gasteiger partial charge in [0.25, 0.3) is 5.91 Å². The van der Waals surface area contributed by atoms with Gasteiger partial charge >= 0.3 is 0 Å². The fraction of sp³-hybridized carbons (Fsp3) is 0.0800. The molecule has 0 spiro atoms. The SMILES string of the molecule is O=C(NCc1ccccc1)c1cccc(-n2ccnc2SCC(=O)c2ccccc2Cl)c1. The molecule has 0 radical (unpaired) electrons. The lowest BCUT2D eigenvalue weighted by molar-refractivity contribution is 0.0950. The van der Waals surface area contributed by atoms with Crippen LogP contribution in [0.5, 0.6) is 0 Å². The fourth-order valence-corrected chi connectivity index (χ4v) is 4.26. The number of imidazole rings is 1. The third kappa shape index (κ3) is 5.28. The van der Waals surface area contributed by atoms with Crippen molar-refractivity contribution in [3.05, 3.63) is 113 Å². The van der Waals surface area contributed by atoms with Crippen LogP contribution in [0.3, 0.4) is 0 Å². The van der Waals surface area contributed by atoms with Crippen molar-refractivity contribution in [2.24, 2.45) is 0 Å². The zero-order chi connectivity index (χ0) is 22.3. The molecule has 7 heteroatoms. The molecule has 0 saturated heterocycles. The Balaban J connectivity index is 1.45.